The van der Waals surface area contributed by atoms with Crippen molar-refractivity contribution in [3.63, 3.8) is 0 Å². The molecule has 0 amide bonds. The van der Waals surface area contributed by atoms with Gasteiger partial charge in [0.2, 0.25) is 0 Å². The van der Waals surface area contributed by atoms with Crippen LogP contribution in [0, 0.1) is 5.41 Å². The smallest absolute Gasteiger partial charge is 0.0617 e. The van der Waals surface area contributed by atoms with Crippen molar-refractivity contribution < 1.29 is 5.11 Å². The SMILES string of the molecule is CC1=C(/C=C/C2=C(/C=C/C(C)=C/CO)CCCC2)C(C)(C)CCC1. The molecule has 0 aromatic rings. The summed E-state index contributed by atoms with van der Waals surface area (Å²) in [4.78, 5) is 0. The molecule has 1 heteroatoms. The fraction of sp³-hybridized carbons (Fsp3) is 0.565. The molecule has 132 valence electrons. The number of rotatable bonds is 5. The zero-order valence-electron chi connectivity index (χ0n) is 16.0. The summed E-state index contributed by atoms with van der Waals surface area (Å²) in [6, 6.07) is 0. The predicted molar refractivity (Wildman–Crippen MR) is 105 cm³/mol. The van der Waals surface area contributed by atoms with Crippen molar-refractivity contribution in [1.82, 2.24) is 0 Å². The van der Waals surface area contributed by atoms with E-state index in [0.717, 1.165) is 5.57 Å². The Morgan fingerprint density at radius 3 is 2.29 bits per heavy atom. The van der Waals surface area contributed by atoms with Gasteiger partial charge in [0.25, 0.3) is 0 Å². The molecule has 0 spiro atoms. The minimum Gasteiger partial charge on any atom is -0.392 e. The average molecular weight is 327 g/mol. The van der Waals surface area contributed by atoms with Crippen LogP contribution in [0.1, 0.15) is 72.6 Å². The number of aliphatic hydroxyl groups is 1. The molecular weight excluding hydrogens is 292 g/mol. The van der Waals surface area contributed by atoms with E-state index in [1.54, 1.807) is 11.1 Å². The largest absolute Gasteiger partial charge is 0.392 e. The lowest BCUT2D eigenvalue weighted by Crippen LogP contribution is -2.19. The van der Waals surface area contributed by atoms with Gasteiger partial charge in [-0.1, -0.05) is 55.4 Å². The molecule has 2 aliphatic rings. The van der Waals surface area contributed by atoms with E-state index in [-0.39, 0.29) is 6.61 Å². The van der Waals surface area contributed by atoms with E-state index in [0.29, 0.717) is 5.41 Å². The third-order valence-electron chi connectivity index (χ3n) is 5.51. The lowest BCUT2D eigenvalue weighted by atomic mass is 9.72. The van der Waals surface area contributed by atoms with E-state index in [4.69, 9.17) is 5.11 Å². The van der Waals surface area contributed by atoms with Crippen molar-refractivity contribution in [3.8, 4) is 0 Å². The average Bonchev–Trinajstić information content (AvgIpc) is 2.53. The second-order valence-corrected chi connectivity index (χ2v) is 7.99. The first kappa shape index (κ1) is 19.0. The molecule has 24 heavy (non-hydrogen) atoms. The second-order valence-electron chi connectivity index (χ2n) is 7.99. The molecule has 1 N–H and O–H groups in total. The topological polar surface area (TPSA) is 20.2 Å². The summed E-state index contributed by atoms with van der Waals surface area (Å²) >= 11 is 0. The summed E-state index contributed by atoms with van der Waals surface area (Å²) in [6.07, 6.45) is 19.8. The maximum atomic E-state index is 8.99. The number of hydrogen-bond acceptors (Lipinski definition) is 1. The molecular formula is C23H34O. The zero-order valence-corrected chi connectivity index (χ0v) is 16.0. The number of allylic oxidation sites excluding steroid dienone is 9. The van der Waals surface area contributed by atoms with Crippen molar-refractivity contribution in [2.75, 3.05) is 6.61 Å². The Morgan fingerprint density at radius 1 is 1.00 bits per heavy atom. The van der Waals surface area contributed by atoms with Gasteiger partial charge in [0.1, 0.15) is 0 Å². The normalized spacial score (nSPS) is 23.0. The molecule has 0 aliphatic heterocycles. The van der Waals surface area contributed by atoms with Gasteiger partial charge >= 0.3 is 0 Å². The van der Waals surface area contributed by atoms with Crippen molar-refractivity contribution in [2.45, 2.75) is 72.6 Å². The van der Waals surface area contributed by atoms with Gasteiger partial charge in [-0.15, -0.1) is 0 Å². The maximum Gasteiger partial charge on any atom is 0.0617 e. The number of aliphatic hydroxyl groups excluding tert-OH is 1. The molecule has 0 bridgehead atoms. The summed E-state index contributed by atoms with van der Waals surface area (Å²) in [5, 5.41) is 8.99. The van der Waals surface area contributed by atoms with Gasteiger partial charge in [0.15, 0.2) is 0 Å². The first-order valence-corrected chi connectivity index (χ1v) is 9.50. The third kappa shape index (κ3) is 5.08. The van der Waals surface area contributed by atoms with Gasteiger partial charge in [-0.2, -0.15) is 0 Å². The predicted octanol–water partition coefficient (Wildman–Crippen LogP) is 6.43. The van der Waals surface area contributed by atoms with Gasteiger partial charge in [-0.25, -0.2) is 0 Å². The Morgan fingerprint density at radius 2 is 1.67 bits per heavy atom. The van der Waals surface area contributed by atoms with E-state index < -0.39 is 0 Å². The van der Waals surface area contributed by atoms with Crippen LogP contribution in [-0.2, 0) is 0 Å². The summed E-state index contributed by atoms with van der Waals surface area (Å²) in [5.74, 6) is 0. The first-order chi connectivity index (χ1) is 11.4. The van der Waals surface area contributed by atoms with Gasteiger partial charge < -0.3 is 5.11 Å². The van der Waals surface area contributed by atoms with Crippen molar-refractivity contribution in [3.05, 3.63) is 58.2 Å². The van der Waals surface area contributed by atoms with Crippen molar-refractivity contribution in [1.29, 1.82) is 0 Å². The minimum absolute atomic E-state index is 0.116. The Hall–Kier alpha value is -1.34. The lowest BCUT2D eigenvalue weighted by Gasteiger charge is -2.33. The quantitative estimate of drug-likeness (QED) is 0.577. The van der Waals surface area contributed by atoms with Crippen molar-refractivity contribution >= 4 is 0 Å². The van der Waals surface area contributed by atoms with Crippen LogP contribution in [0.25, 0.3) is 0 Å². The standard InChI is InChI=1S/C23H34O/c1-18(15-17-24)11-12-20-9-5-6-10-21(20)13-14-22-19(2)8-7-16-23(22,3)4/h11-15,24H,5-10,16-17H2,1-4H3/b12-11+,14-13+,18-15+. The molecule has 1 nitrogen and oxygen atoms in total. The highest BCUT2D eigenvalue weighted by atomic mass is 16.2. The Labute approximate surface area is 148 Å². The third-order valence-corrected chi connectivity index (χ3v) is 5.51. The second kappa shape index (κ2) is 8.67. The van der Waals surface area contributed by atoms with Crippen LogP contribution < -0.4 is 0 Å². The van der Waals surface area contributed by atoms with Gasteiger partial charge in [0.05, 0.1) is 6.61 Å². The summed E-state index contributed by atoms with van der Waals surface area (Å²) in [6.45, 7) is 9.23. The van der Waals surface area contributed by atoms with E-state index in [1.807, 2.05) is 13.0 Å². The fourth-order valence-corrected chi connectivity index (χ4v) is 3.97. The van der Waals surface area contributed by atoms with Crippen molar-refractivity contribution in [2.24, 2.45) is 5.41 Å². The monoisotopic (exact) mass is 326 g/mol. The molecule has 0 unspecified atom stereocenters. The van der Waals surface area contributed by atoms with Gasteiger partial charge in [0, 0.05) is 0 Å². The molecule has 0 aromatic carbocycles. The van der Waals surface area contributed by atoms with E-state index in [2.05, 4.69) is 45.1 Å². The molecule has 0 heterocycles. The van der Waals surface area contributed by atoms with Crippen LogP contribution >= 0.6 is 0 Å². The van der Waals surface area contributed by atoms with E-state index >= 15 is 0 Å². The Kier molecular flexibility index (Phi) is 6.86. The molecule has 0 saturated carbocycles. The highest BCUT2D eigenvalue weighted by molar-refractivity contribution is 5.42. The van der Waals surface area contributed by atoms with Crippen LogP contribution in [0.5, 0.6) is 0 Å². The molecule has 0 saturated heterocycles. The molecule has 0 atom stereocenters. The van der Waals surface area contributed by atoms with Gasteiger partial charge in [-0.05, 0) is 80.9 Å². The fourth-order valence-electron chi connectivity index (χ4n) is 3.97. The highest BCUT2D eigenvalue weighted by Gasteiger charge is 2.26. The molecule has 0 radical (unpaired) electrons. The minimum atomic E-state index is 0.116. The van der Waals surface area contributed by atoms with Crippen LogP contribution in [-0.4, -0.2) is 11.7 Å². The van der Waals surface area contributed by atoms with Crippen LogP contribution in [0.3, 0.4) is 0 Å². The number of hydrogen-bond donors (Lipinski definition) is 1. The molecule has 2 rings (SSSR count). The molecule has 2 aliphatic carbocycles. The van der Waals surface area contributed by atoms with Crippen LogP contribution in [0.4, 0.5) is 0 Å². The Balaban J connectivity index is 2.25. The van der Waals surface area contributed by atoms with E-state index in [9.17, 15) is 0 Å². The molecule has 0 fully saturated rings. The summed E-state index contributed by atoms with van der Waals surface area (Å²) in [7, 11) is 0. The van der Waals surface area contributed by atoms with Crippen LogP contribution in [0.15, 0.2) is 58.2 Å². The van der Waals surface area contributed by atoms with Gasteiger partial charge in [-0.3, -0.25) is 0 Å². The Bertz CT molecular complexity index is 594. The highest BCUT2D eigenvalue weighted by Crippen LogP contribution is 2.41. The summed E-state index contributed by atoms with van der Waals surface area (Å²) < 4.78 is 0. The maximum absolute atomic E-state index is 8.99. The summed E-state index contributed by atoms with van der Waals surface area (Å²) in [5.41, 5.74) is 7.52. The zero-order chi connectivity index (χ0) is 17.6. The lowest BCUT2D eigenvalue weighted by molar-refractivity contribution is 0.342. The van der Waals surface area contributed by atoms with E-state index in [1.165, 1.54) is 56.1 Å². The molecule has 0 aromatic heterocycles. The van der Waals surface area contributed by atoms with Crippen LogP contribution in [0.2, 0.25) is 0 Å². The first-order valence-electron chi connectivity index (χ1n) is 9.50.